The van der Waals surface area contributed by atoms with Crippen molar-refractivity contribution in [3.63, 3.8) is 0 Å². The van der Waals surface area contributed by atoms with E-state index >= 15 is 0 Å². The van der Waals surface area contributed by atoms with E-state index < -0.39 is 5.97 Å². The Kier molecular flexibility index (Phi) is 3.58. The lowest BCUT2D eigenvalue weighted by atomic mass is 9.89. The highest BCUT2D eigenvalue weighted by Crippen LogP contribution is 2.41. The Morgan fingerprint density at radius 2 is 2.10 bits per heavy atom. The number of carbonyl (C=O) groups excluding carboxylic acids is 1. The first-order valence-corrected chi connectivity index (χ1v) is 7.57. The van der Waals surface area contributed by atoms with Gasteiger partial charge in [0.25, 0.3) is 0 Å². The van der Waals surface area contributed by atoms with Gasteiger partial charge in [-0.05, 0) is 45.7 Å². The van der Waals surface area contributed by atoms with Crippen molar-refractivity contribution in [1.29, 1.82) is 0 Å². The van der Waals surface area contributed by atoms with Crippen LogP contribution >= 0.6 is 0 Å². The second-order valence-corrected chi connectivity index (χ2v) is 6.35. The van der Waals surface area contributed by atoms with Gasteiger partial charge >= 0.3 is 12.0 Å². The molecule has 2 amide bonds. The molecule has 2 bridgehead atoms. The zero-order chi connectivity index (χ0) is 14.3. The van der Waals surface area contributed by atoms with Crippen LogP contribution in [0.5, 0.6) is 0 Å². The van der Waals surface area contributed by atoms with E-state index in [0.29, 0.717) is 19.0 Å². The average molecular weight is 281 g/mol. The first-order valence-electron chi connectivity index (χ1n) is 7.57. The molecular weight excluding hydrogens is 258 g/mol. The van der Waals surface area contributed by atoms with Crippen LogP contribution in [0.1, 0.15) is 32.1 Å². The molecule has 4 atom stereocenters. The summed E-state index contributed by atoms with van der Waals surface area (Å²) in [5, 5.41) is 12.2. The molecule has 0 aromatic carbocycles. The molecule has 0 saturated carbocycles. The number of rotatable bonds is 3. The lowest BCUT2D eigenvalue weighted by Crippen LogP contribution is -2.47. The molecular formula is C14H23N3O3. The predicted octanol–water partition coefficient (Wildman–Crippen LogP) is 0.728. The van der Waals surface area contributed by atoms with Crippen molar-refractivity contribution in [2.24, 2.45) is 5.92 Å². The maximum atomic E-state index is 12.3. The van der Waals surface area contributed by atoms with E-state index in [1.54, 1.807) is 4.90 Å². The van der Waals surface area contributed by atoms with Gasteiger partial charge in [0, 0.05) is 24.7 Å². The molecule has 6 heteroatoms. The Morgan fingerprint density at radius 3 is 2.70 bits per heavy atom. The molecule has 6 nitrogen and oxygen atoms in total. The molecule has 0 aromatic heterocycles. The molecule has 3 aliphatic rings. The largest absolute Gasteiger partial charge is 0.481 e. The monoisotopic (exact) mass is 281 g/mol. The summed E-state index contributed by atoms with van der Waals surface area (Å²) in [5.41, 5.74) is 0. The minimum Gasteiger partial charge on any atom is -0.481 e. The first kappa shape index (κ1) is 13.7. The van der Waals surface area contributed by atoms with Gasteiger partial charge in [-0.3, -0.25) is 4.79 Å². The Morgan fingerprint density at radius 1 is 1.30 bits per heavy atom. The van der Waals surface area contributed by atoms with Crippen LogP contribution in [-0.2, 0) is 4.79 Å². The summed E-state index contributed by atoms with van der Waals surface area (Å²) in [5.74, 6) is -1.13. The second kappa shape index (κ2) is 5.24. The maximum Gasteiger partial charge on any atom is 0.317 e. The van der Waals surface area contributed by atoms with Gasteiger partial charge in [0.2, 0.25) is 0 Å². The van der Waals surface area contributed by atoms with Gasteiger partial charge in [-0.2, -0.15) is 0 Å². The lowest BCUT2D eigenvalue weighted by Gasteiger charge is -2.26. The zero-order valence-corrected chi connectivity index (χ0v) is 11.9. The van der Waals surface area contributed by atoms with Crippen LogP contribution in [0.25, 0.3) is 0 Å². The standard InChI is InChI=1S/C14H23N3O3/c1-16-6-2-3-10(16)8-15-14(20)17-9-4-5-12(17)11(7-9)13(18)19/h9-12H,2-8H2,1H3,(H,15,20)(H,18,19). The molecule has 4 unspecified atom stereocenters. The third-order valence-electron chi connectivity index (χ3n) is 5.25. The van der Waals surface area contributed by atoms with Crippen molar-refractivity contribution < 1.29 is 14.7 Å². The molecule has 3 fully saturated rings. The highest BCUT2D eigenvalue weighted by Gasteiger charge is 2.51. The molecule has 112 valence electrons. The number of carboxylic acids is 1. The molecule has 20 heavy (non-hydrogen) atoms. The highest BCUT2D eigenvalue weighted by atomic mass is 16.4. The average Bonchev–Trinajstić information content (AvgIpc) is 3.09. The smallest absolute Gasteiger partial charge is 0.317 e. The fraction of sp³-hybridized carbons (Fsp3) is 0.857. The fourth-order valence-corrected chi connectivity index (χ4v) is 4.10. The van der Waals surface area contributed by atoms with Crippen molar-refractivity contribution in [3.05, 3.63) is 0 Å². The Bertz CT molecular complexity index is 414. The van der Waals surface area contributed by atoms with Gasteiger partial charge in [0.1, 0.15) is 0 Å². The molecule has 3 heterocycles. The van der Waals surface area contributed by atoms with Crippen molar-refractivity contribution in [2.45, 2.75) is 50.2 Å². The van der Waals surface area contributed by atoms with Gasteiger partial charge in [-0.1, -0.05) is 0 Å². The molecule has 0 radical (unpaired) electrons. The summed E-state index contributed by atoms with van der Waals surface area (Å²) in [6.07, 6.45) is 4.72. The molecule has 3 saturated heterocycles. The summed E-state index contributed by atoms with van der Waals surface area (Å²) >= 11 is 0. The van der Waals surface area contributed by atoms with Crippen LogP contribution in [-0.4, -0.2) is 65.2 Å². The number of carbonyl (C=O) groups is 2. The summed E-state index contributed by atoms with van der Waals surface area (Å²) in [6.45, 7) is 1.76. The van der Waals surface area contributed by atoms with E-state index in [4.69, 9.17) is 0 Å². The van der Waals surface area contributed by atoms with E-state index in [2.05, 4.69) is 17.3 Å². The number of nitrogens with one attached hydrogen (secondary N) is 1. The number of urea groups is 1. The maximum absolute atomic E-state index is 12.3. The van der Waals surface area contributed by atoms with E-state index in [1.807, 2.05) is 0 Å². The normalized spacial score (nSPS) is 36.5. The van der Waals surface area contributed by atoms with Crippen LogP contribution < -0.4 is 5.32 Å². The molecule has 2 N–H and O–H groups in total. The molecule has 0 aromatic rings. The minimum atomic E-state index is -0.759. The van der Waals surface area contributed by atoms with E-state index in [-0.39, 0.29) is 24.0 Å². The number of carboxylic acid groups (broad SMARTS) is 1. The molecule has 0 spiro atoms. The summed E-state index contributed by atoms with van der Waals surface area (Å²) in [6, 6.07) is 0.386. The van der Waals surface area contributed by atoms with Gasteiger partial charge in [-0.15, -0.1) is 0 Å². The summed E-state index contributed by atoms with van der Waals surface area (Å²) in [7, 11) is 2.09. The van der Waals surface area contributed by atoms with Gasteiger partial charge in [-0.25, -0.2) is 4.79 Å². The SMILES string of the molecule is CN1CCCC1CNC(=O)N1C2CCC1C(C(=O)O)C2. The van der Waals surface area contributed by atoms with Gasteiger partial charge in [0.05, 0.1) is 5.92 Å². The lowest BCUT2D eigenvalue weighted by molar-refractivity contribution is -0.142. The van der Waals surface area contributed by atoms with Gasteiger partial charge in [0.15, 0.2) is 0 Å². The van der Waals surface area contributed by atoms with Crippen molar-refractivity contribution in [3.8, 4) is 0 Å². The predicted molar refractivity (Wildman–Crippen MR) is 73.4 cm³/mol. The Balaban J connectivity index is 1.57. The summed E-state index contributed by atoms with van der Waals surface area (Å²) < 4.78 is 0. The second-order valence-electron chi connectivity index (χ2n) is 6.35. The molecule has 3 rings (SSSR count). The van der Waals surface area contributed by atoms with Crippen LogP contribution in [0.2, 0.25) is 0 Å². The molecule has 3 aliphatic heterocycles. The first-order chi connectivity index (χ1) is 9.58. The third-order valence-corrected chi connectivity index (χ3v) is 5.25. The van der Waals surface area contributed by atoms with Crippen LogP contribution in [0.15, 0.2) is 0 Å². The van der Waals surface area contributed by atoms with Crippen LogP contribution in [0.4, 0.5) is 4.79 Å². The van der Waals surface area contributed by atoms with Gasteiger partial charge < -0.3 is 20.2 Å². The van der Waals surface area contributed by atoms with E-state index in [1.165, 1.54) is 6.42 Å². The number of likely N-dealkylation sites (tertiary alicyclic amines) is 1. The van der Waals surface area contributed by atoms with Crippen LogP contribution in [0.3, 0.4) is 0 Å². The van der Waals surface area contributed by atoms with E-state index in [9.17, 15) is 14.7 Å². The van der Waals surface area contributed by atoms with Crippen molar-refractivity contribution in [1.82, 2.24) is 15.1 Å². The van der Waals surface area contributed by atoms with Crippen LogP contribution in [0, 0.1) is 5.92 Å². The van der Waals surface area contributed by atoms with Crippen molar-refractivity contribution >= 4 is 12.0 Å². The third kappa shape index (κ3) is 2.26. The fourth-order valence-electron chi connectivity index (χ4n) is 4.10. The number of aliphatic carboxylic acids is 1. The molecule has 0 aliphatic carbocycles. The topological polar surface area (TPSA) is 72.9 Å². The minimum absolute atomic E-state index is 0.0680. The summed E-state index contributed by atoms with van der Waals surface area (Å²) in [4.78, 5) is 27.6. The number of nitrogens with zero attached hydrogens (tertiary/aromatic N) is 2. The number of fused-ring (bicyclic) bond motifs is 2. The Labute approximate surface area is 119 Å². The number of likely N-dealkylation sites (N-methyl/N-ethyl adjacent to an activating group) is 1. The van der Waals surface area contributed by atoms with E-state index in [0.717, 1.165) is 25.8 Å². The number of hydrogen-bond acceptors (Lipinski definition) is 3. The van der Waals surface area contributed by atoms with Crippen molar-refractivity contribution in [2.75, 3.05) is 20.1 Å². The number of amides is 2. The zero-order valence-electron chi connectivity index (χ0n) is 11.9. The number of hydrogen-bond donors (Lipinski definition) is 2. The quantitative estimate of drug-likeness (QED) is 0.800. The highest BCUT2D eigenvalue weighted by molar-refractivity contribution is 5.79. The Hall–Kier alpha value is -1.30.